The van der Waals surface area contributed by atoms with E-state index in [0.717, 1.165) is 51.6 Å². The van der Waals surface area contributed by atoms with Gasteiger partial charge in [-0.1, -0.05) is 127 Å². The molecular weight excluding hydrogens is 669 g/mol. The van der Waals surface area contributed by atoms with Gasteiger partial charge in [-0.15, -0.1) is 0 Å². The van der Waals surface area contributed by atoms with Crippen LogP contribution in [-0.4, -0.2) is 9.13 Å². The molecule has 0 bridgehead atoms. The fraction of sp³-hybridized carbons (Fsp3) is 0.0385. The monoisotopic (exact) mass is 702 g/mol. The van der Waals surface area contributed by atoms with Gasteiger partial charge in [0.15, 0.2) is 0 Å². The highest BCUT2D eigenvalue weighted by Gasteiger charge is 2.22. The molecule has 0 spiro atoms. The second kappa shape index (κ2) is 11.7. The maximum Gasteiger partial charge on any atom is 0.145 e. The minimum atomic E-state index is 0.889. The summed E-state index contributed by atoms with van der Waals surface area (Å²) in [7, 11) is 0. The Balaban J connectivity index is 1.11. The van der Waals surface area contributed by atoms with Crippen LogP contribution in [0.4, 0.5) is 0 Å². The van der Waals surface area contributed by atoms with Crippen molar-refractivity contribution < 1.29 is 4.42 Å². The van der Waals surface area contributed by atoms with Gasteiger partial charge in [-0.3, -0.25) is 0 Å². The van der Waals surface area contributed by atoms with Crippen molar-refractivity contribution in [3.05, 3.63) is 182 Å². The van der Waals surface area contributed by atoms with Gasteiger partial charge in [-0.05, 0) is 94.9 Å². The van der Waals surface area contributed by atoms with Crippen LogP contribution in [0.3, 0.4) is 0 Å². The summed E-state index contributed by atoms with van der Waals surface area (Å²) in [6.45, 7) is 0. The Labute approximate surface area is 317 Å². The lowest BCUT2D eigenvalue weighted by atomic mass is 9.98. The van der Waals surface area contributed by atoms with Crippen LogP contribution < -0.4 is 0 Å². The molecule has 1 aliphatic rings. The molecule has 0 aliphatic heterocycles. The number of hydrogen-bond donors (Lipinski definition) is 0. The molecule has 1 aliphatic carbocycles. The molecule has 258 valence electrons. The molecule has 3 nitrogen and oxygen atoms in total. The van der Waals surface area contributed by atoms with Crippen molar-refractivity contribution in [3.63, 3.8) is 0 Å². The van der Waals surface area contributed by atoms with Gasteiger partial charge in [0.25, 0.3) is 0 Å². The molecule has 0 fully saturated rings. The molecule has 0 atom stereocenters. The van der Waals surface area contributed by atoms with Gasteiger partial charge in [-0.2, -0.15) is 0 Å². The van der Waals surface area contributed by atoms with E-state index in [2.05, 4.69) is 191 Å². The highest BCUT2D eigenvalue weighted by atomic mass is 16.3. The molecule has 12 rings (SSSR count). The third-order valence-electron chi connectivity index (χ3n) is 11.7. The maximum absolute atomic E-state index is 6.81. The van der Waals surface area contributed by atoms with E-state index in [4.69, 9.17) is 4.42 Å². The van der Waals surface area contributed by atoms with E-state index in [1.165, 1.54) is 71.2 Å². The molecule has 3 heterocycles. The van der Waals surface area contributed by atoms with Crippen LogP contribution in [-0.2, 0) is 0 Å². The van der Waals surface area contributed by atoms with Gasteiger partial charge in [0.05, 0.1) is 33.1 Å². The predicted octanol–water partition coefficient (Wildman–Crippen LogP) is 14.5. The topological polar surface area (TPSA) is 23.0 Å². The zero-order valence-corrected chi connectivity index (χ0v) is 30.0. The summed E-state index contributed by atoms with van der Waals surface area (Å²) in [5, 5.41) is 9.69. The second-order valence-corrected chi connectivity index (χ2v) is 14.8. The predicted molar refractivity (Wildman–Crippen MR) is 232 cm³/mol. The van der Waals surface area contributed by atoms with Gasteiger partial charge < -0.3 is 13.6 Å². The van der Waals surface area contributed by atoms with Crippen LogP contribution in [0.1, 0.15) is 12.8 Å². The Bertz CT molecular complexity index is 3440. The third-order valence-corrected chi connectivity index (χ3v) is 11.7. The fourth-order valence-corrected chi connectivity index (χ4v) is 9.18. The molecule has 3 heteroatoms. The molecule has 0 amide bonds. The quantitative estimate of drug-likeness (QED) is 0.179. The van der Waals surface area contributed by atoms with Crippen LogP contribution >= 0.6 is 0 Å². The largest absolute Gasteiger partial charge is 0.455 e. The van der Waals surface area contributed by atoms with E-state index < -0.39 is 0 Å². The van der Waals surface area contributed by atoms with Crippen LogP contribution in [0.5, 0.6) is 0 Å². The Hall–Kier alpha value is -7.10. The van der Waals surface area contributed by atoms with E-state index >= 15 is 0 Å². The van der Waals surface area contributed by atoms with Crippen molar-refractivity contribution in [1.29, 1.82) is 0 Å². The minimum Gasteiger partial charge on any atom is -0.455 e. The van der Waals surface area contributed by atoms with Gasteiger partial charge in [0, 0.05) is 38.2 Å². The van der Waals surface area contributed by atoms with Crippen LogP contribution in [0.25, 0.3) is 110 Å². The molecule has 0 radical (unpaired) electrons. The standard InChI is InChI=1S/C52H34N2O/c1-2-14-38(15-3-1)53-45-19-9-6-16-40(45)42-26-24-35(31-48(42)53)36-25-27-43-41-17-7-10-20-46(41)54(49(43)32-36)47-29-28-39(37-23-22-33-12-4-5-13-34(33)30-37)52-51(47)44-18-8-11-21-50(44)55-52/h2,4-32H,1,3H2. The Morgan fingerprint density at radius 3 is 1.80 bits per heavy atom. The zero-order valence-electron chi connectivity index (χ0n) is 30.0. The number of rotatable bonds is 4. The normalized spacial score (nSPS) is 13.3. The summed E-state index contributed by atoms with van der Waals surface area (Å²) in [6.07, 6.45) is 9.09. The SMILES string of the molecule is C1=CC(n2c3ccccc3c3ccc(-c4ccc5c6ccccc6n(-c6ccc(-c7ccc8ccccc8c7)c7oc8ccccc8c67)c5c4)cc32)=CCC1. The molecule has 0 unspecified atom stereocenters. The first-order chi connectivity index (χ1) is 27.3. The summed E-state index contributed by atoms with van der Waals surface area (Å²) < 4.78 is 11.7. The van der Waals surface area contributed by atoms with Crippen LogP contribution in [0.2, 0.25) is 0 Å². The molecule has 11 aromatic rings. The molecule has 55 heavy (non-hydrogen) atoms. The highest BCUT2D eigenvalue weighted by Crippen LogP contribution is 2.44. The maximum atomic E-state index is 6.81. The number of fused-ring (bicyclic) bond motifs is 10. The van der Waals surface area contributed by atoms with Gasteiger partial charge in [-0.25, -0.2) is 0 Å². The van der Waals surface area contributed by atoms with Gasteiger partial charge in [0.2, 0.25) is 0 Å². The molecule has 0 saturated carbocycles. The van der Waals surface area contributed by atoms with Crippen LogP contribution in [0.15, 0.2) is 186 Å². The summed E-state index contributed by atoms with van der Waals surface area (Å²) >= 11 is 0. The second-order valence-electron chi connectivity index (χ2n) is 14.8. The summed E-state index contributed by atoms with van der Waals surface area (Å²) in [6, 6.07) is 59.8. The zero-order chi connectivity index (χ0) is 36.0. The number of hydrogen-bond acceptors (Lipinski definition) is 1. The minimum absolute atomic E-state index is 0.889. The Kier molecular flexibility index (Phi) is 6.46. The smallest absolute Gasteiger partial charge is 0.145 e. The highest BCUT2D eigenvalue weighted by molar-refractivity contribution is 6.18. The van der Waals surface area contributed by atoms with E-state index in [1.54, 1.807) is 0 Å². The molecule has 3 aromatic heterocycles. The van der Waals surface area contributed by atoms with Crippen molar-refractivity contribution in [1.82, 2.24) is 9.13 Å². The van der Waals surface area contributed by atoms with Crippen molar-refractivity contribution in [3.8, 4) is 27.9 Å². The van der Waals surface area contributed by atoms with Crippen molar-refractivity contribution >= 4 is 82.0 Å². The van der Waals surface area contributed by atoms with Crippen molar-refractivity contribution in [2.24, 2.45) is 0 Å². The van der Waals surface area contributed by atoms with Gasteiger partial charge >= 0.3 is 0 Å². The first-order valence-electron chi connectivity index (χ1n) is 19.2. The van der Waals surface area contributed by atoms with Crippen molar-refractivity contribution in [2.45, 2.75) is 12.8 Å². The van der Waals surface area contributed by atoms with E-state index in [-0.39, 0.29) is 0 Å². The first-order valence-corrected chi connectivity index (χ1v) is 19.2. The average Bonchev–Trinajstić information content (AvgIpc) is 3.91. The number of furan rings is 1. The first kappa shape index (κ1) is 30.4. The average molecular weight is 703 g/mol. The molecule has 0 N–H and O–H groups in total. The molecule has 8 aromatic carbocycles. The Morgan fingerprint density at radius 1 is 0.436 bits per heavy atom. The summed E-state index contributed by atoms with van der Waals surface area (Å²) in [5.41, 5.74) is 13.6. The Morgan fingerprint density at radius 2 is 1.05 bits per heavy atom. The van der Waals surface area contributed by atoms with Crippen molar-refractivity contribution in [2.75, 3.05) is 0 Å². The lowest BCUT2D eigenvalue weighted by Gasteiger charge is -2.14. The number of para-hydroxylation sites is 3. The van der Waals surface area contributed by atoms with E-state index in [9.17, 15) is 0 Å². The van der Waals surface area contributed by atoms with E-state index in [0.29, 0.717) is 0 Å². The lowest BCUT2D eigenvalue weighted by Crippen LogP contribution is -1.97. The summed E-state index contributed by atoms with van der Waals surface area (Å²) in [4.78, 5) is 0. The number of allylic oxidation sites excluding steroid dienone is 4. The van der Waals surface area contributed by atoms with Gasteiger partial charge in [0.1, 0.15) is 11.2 Å². The summed E-state index contributed by atoms with van der Waals surface area (Å²) in [5.74, 6) is 0. The van der Waals surface area contributed by atoms with Crippen LogP contribution in [0, 0.1) is 0 Å². The molecule has 0 saturated heterocycles. The molecular formula is C52H34N2O. The van der Waals surface area contributed by atoms with E-state index in [1.807, 2.05) is 0 Å². The number of benzene rings is 8. The third kappa shape index (κ3) is 4.50. The lowest BCUT2D eigenvalue weighted by molar-refractivity contribution is 0.670. The fourth-order valence-electron chi connectivity index (χ4n) is 9.18. The number of aromatic nitrogens is 2. The number of nitrogens with zero attached hydrogens (tertiary/aromatic N) is 2.